The van der Waals surface area contributed by atoms with Gasteiger partial charge in [0.25, 0.3) is 0 Å². The minimum Gasteiger partial charge on any atom is -0.497 e. The number of nitrogens with one attached hydrogen (secondary N) is 1. The lowest BCUT2D eigenvalue weighted by Gasteiger charge is -2.22. The predicted octanol–water partition coefficient (Wildman–Crippen LogP) is 4.10. The average molecular weight is 426 g/mol. The van der Waals surface area contributed by atoms with Gasteiger partial charge in [0, 0.05) is 18.7 Å². The van der Waals surface area contributed by atoms with Crippen LogP contribution in [0.2, 0.25) is 0 Å². The van der Waals surface area contributed by atoms with E-state index in [4.69, 9.17) is 14.2 Å². The molecule has 0 radical (unpaired) electrons. The number of methoxy groups -OCH3 is 2. The minimum absolute atomic E-state index is 0.118. The van der Waals surface area contributed by atoms with Gasteiger partial charge in [-0.1, -0.05) is 42.5 Å². The zero-order valence-corrected chi connectivity index (χ0v) is 17.8. The zero-order chi connectivity index (χ0) is 22.1. The van der Waals surface area contributed by atoms with Gasteiger partial charge in [-0.2, -0.15) is 0 Å². The Morgan fingerprint density at radius 1 is 0.839 bits per heavy atom. The van der Waals surface area contributed by atoms with Gasteiger partial charge < -0.3 is 24.6 Å². The second kappa shape index (κ2) is 11.5. The SMILES string of the molecule is COc1ccc(C(OC[C@H](O)CNCc2ccccc2F)c2ccc(OC)cc2)cc1. The van der Waals surface area contributed by atoms with E-state index in [1.165, 1.54) is 6.07 Å². The van der Waals surface area contributed by atoms with E-state index in [0.717, 1.165) is 22.6 Å². The molecule has 0 spiro atoms. The second-order valence-electron chi connectivity index (χ2n) is 7.14. The van der Waals surface area contributed by atoms with Crippen LogP contribution in [-0.4, -0.2) is 38.6 Å². The van der Waals surface area contributed by atoms with Crippen LogP contribution in [0, 0.1) is 5.82 Å². The molecule has 31 heavy (non-hydrogen) atoms. The monoisotopic (exact) mass is 425 g/mol. The van der Waals surface area contributed by atoms with Gasteiger partial charge in [0.1, 0.15) is 23.4 Å². The Morgan fingerprint density at radius 2 is 1.39 bits per heavy atom. The second-order valence-corrected chi connectivity index (χ2v) is 7.14. The molecule has 164 valence electrons. The molecule has 0 aliphatic heterocycles. The van der Waals surface area contributed by atoms with E-state index in [0.29, 0.717) is 12.1 Å². The van der Waals surface area contributed by atoms with Gasteiger partial charge in [-0.15, -0.1) is 0 Å². The zero-order valence-electron chi connectivity index (χ0n) is 17.8. The fraction of sp³-hybridized carbons (Fsp3) is 0.280. The highest BCUT2D eigenvalue weighted by Gasteiger charge is 2.17. The van der Waals surface area contributed by atoms with Gasteiger partial charge in [0.05, 0.1) is 26.9 Å². The highest BCUT2D eigenvalue weighted by molar-refractivity contribution is 5.36. The Morgan fingerprint density at radius 3 is 1.90 bits per heavy atom. The van der Waals surface area contributed by atoms with Crippen molar-refractivity contribution < 1.29 is 23.7 Å². The number of rotatable bonds is 11. The van der Waals surface area contributed by atoms with Gasteiger partial charge in [-0.05, 0) is 41.5 Å². The van der Waals surface area contributed by atoms with E-state index < -0.39 is 6.10 Å². The number of aliphatic hydroxyl groups is 1. The summed E-state index contributed by atoms with van der Waals surface area (Å²) in [5.41, 5.74) is 2.44. The Hall–Kier alpha value is -2.93. The lowest BCUT2D eigenvalue weighted by molar-refractivity contribution is 0.00644. The van der Waals surface area contributed by atoms with Gasteiger partial charge in [0.2, 0.25) is 0 Å². The summed E-state index contributed by atoms with van der Waals surface area (Å²) in [6.07, 6.45) is -1.11. The van der Waals surface area contributed by atoms with E-state index in [1.807, 2.05) is 48.5 Å². The van der Waals surface area contributed by atoms with Gasteiger partial charge >= 0.3 is 0 Å². The first-order chi connectivity index (χ1) is 15.1. The van der Waals surface area contributed by atoms with Crippen LogP contribution in [0.5, 0.6) is 11.5 Å². The van der Waals surface area contributed by atoms with Gasteiger partial charge in [0.15, 0.2) is 0 Å². The van der Waals surface area contributed by atoms with Gasteiger partial charge in [-0.25, -0.2) is 4.39 Å². The van der Waals surface area contributed by atoms with Crippen molar-refractivity contribution in [3.05, 3.63) is 95.3 Å². The smallest absolute Gasteiger partial charge is 0.127 e. The molecule has 0 aliphatic rings. The maximum Gasteiger partial charge on any atom is 0.127 e. The molecule has 0 fully saturated rings. The maximum absolute atomic E-state index is 13.7. The van der Waals surface area contributed by atoms with Crippen LogP contribution in [-0.2, 0) is 11.3 Å². The summed E-state index contributed by atoms with van der Waals surface area (Å²) in [4.78, 5) is 0. The largest absolute Gasteiger partial charge is 0.497 e. The first kappa shape index (κ1) is 22.7. The van der Waals surface area contributed by atoms with Crippen molar-refractivity contribution in [2.45, 2.75) is 18.8 Å². The van der Waals surface area contributed by atoms with Gasteiger partial charge in [-0.3, -0.25) is 0 Å². The first-order valence-electron chi connectivity index (χ1n) is 10.1. The number of benzene rings is 3. The van der Waals surface area contributed by atoms with Crippen LogP contribution in [0.25, 0.3) is 0 Å². The van der Waals surface area contributed by atoms with Crippen LogP contribution < -0.4 is 14.8 Å². The predicted molar refractivity (Wildman–Crippen MR) is 118 cm³/mol. The molecular formula is C25H28FNO4. The first-order valence-corrected chi connectivity index (χ1v) is 10.1. The third kappa shape index (κ3) is 6.52. The van der Waals surface area contributed by atoms with Crippen LogP contribution in [0.1, 0.15) is 22.8 Å². The van der Waals surface area contributed by atoms with Crippen molar-refractivity contribution in [2.75, 3.05) is 27.4 Å². The number of halogens is 1. The minimum atomic E-state index is -0.745. The summed E-state index contributed by atoms with van der Waals surface area (Å²) < 4.78 is 30.3. The highest BCUT2D eigenvalue weighted by atomic mass is 19.1. The van der Waals surface area contributed by atoms with Crippen molar-refractivity contribution >= 4 is 0 Å². The topological polar surface area (TPSA) is 60.0 Å². The van der Waals surface area contributed by atoms with Crippen LogP contribution in [0.4, 0.5) is 4.39 Å². The summed E-state index contributed by atoms with van der Waals surface area (Å²) in [5, 5.41) is 13.5. The summed E-state index contributed by atoms with van der Waals surface area (Å²) in [7, 11) is 3.24. The molecule has 0 unspecified atom stereocenters. The molecule has 5 nitrogen and oxygen atoms in total. The van der Waals surface area contributed by atoms with Crippen LogP contribution >= 0.6 is 0 Å². The molecule has 0 aromatic heterocycles. The molecule has 3 aromatic rings. The van der Waals surface area contributed by atoms with Crippen molar-refractivity contribution in [1.29, 1.82) is 0 Å². The standard InChI is InChI=1S/C25H28FNO4/c1-29-22-11-7-18(8-12-22)25(19-9-13-23(30-2)14-10-19)31-17-21(28)16-27-15-20-5-3-4-6-24(20)26/h3-14,21,25,27-28H,15-17H2,1-2H3/t21-/m1/s1. The molecule has 0 aliphatic carbocycles. The number of hydrogen-bond acceptors (Lipinski definition) is 5. The molecule has 1 atom stereocenters. The lowest BCUT2D eigenvalue weighted by atomic mass is 10.0. The average Bonchev–Trinajstić information content (AvgIpc) is 2.81. The Bertz CT molecular complexity index is 884. The molecule has 0 heterocycles. The normalized spacial score (nSPS) is 12.0. The molecule has 6 heteroatoms. The molecule has 0 saturated heterocycles. The molecule has 3 aromatic carbocycles. The fourth-order valence-electron chi connectivity index (χ4n) is 3.22. The van der Waals surface area contributed by atoms with E-state index >= 15 is 0 Å². The van der Waals surface area contributed by atoms with Crippen molar-refractivity contribution in [3.8, 4) is 11.5 Å². The highest BCUT2D eigenvalue weighted by Crippen LogP contribution is 2.29. The molecule has 3 rings (SSSR count). The summed E-state index contributed by atoms with van der Waals surface area (Å²) >= 11 is 0. The summed E-state index contributed by atoms with van der Waals surface area (Å²) in [5.74, 6) is 1.25. The van der Waals surface area contributed by atoms with Crippen LogP contribution in [0.3, 0.4) is 0 Å². The fourth-order valence-corrected chi connectivity index (χ4v) is 3.22. The van der Waals surface area contributed by atoms with E-state index in [2.05, 4.69) is 5.32 Å². The Labute approximate surface area is 182 Å². The Balaban J connectivity index is 1.62. The number of hydrogen-bond donors (Lipinski definition) is 2. The molecule has 0 saturated carbocycles. The molecule has 0 bridgehead atoms. The number of ether oxygens (including phenoxy) is 3. The van der Waals surface area contributed by atoms with Crippen molar-refractivity contribution in [2.24, 2.45) is 0 Å². The summed E-state index contributed by atoms with van der Waals surface area (Å²) in [6.45, 7) is 0.739. The van der Waals surface area contributed by atoms with Crippen molar-refractivity contribution in [1.82, 2.24) is 5.32 Å². The Kier molecular flexibility index (Phi) is 8.41. The van der Waals surface area contributed by atoms with E-state index in [-0.39, 0.29) is 25.1 Å². The molecule has 0 amide bonds. The third-order valence-corrected chi connectivity index (χ3v) is 4.95. The lowest BCUT2D eigenvalue weighted by Crippen LogP contribution is -2.31. The summed E-state index contributed by atoms with van der Waals surface area (Å²) in [6, 6.07) is 21.8. The van der Waals surface area contributed by atoms with Crippen molar-refractivity contribution in [3.63, 3.8) is 0 Å². The van der Waals surface area contributed by atoms with E-state index in [1.54, 1.807) is 32.4 Å². The van der Waals surface area contributed by atoms with Crippen LogP contribution in [0.15, 0.2) is 72.8 Å². The quantitative estimate of drug-likeness (QED) is 0.484. The maximum atomic E-state index is 13.7. The third-order valence-electron chi connectivity index (χ3n) is 4.95. The molecule has 2 N–H and O–H groups in total. The number of aliphatic hydroxyl groups excluding tert-OH is 1. The molecular weight excluding hydrogens is 397 g/mol. The van der Waals surface area contributed by atoms with E-state index in [9.17, 15) is 9.50 Å².